The number of amides is 1. The molecule has 12 heteroatoms. The molecule has 0 spiro atoms. The molecule has 42 heavy (non-hydrogen) atoms. The van der Waals surface area contributed by atoms with Crippen LogP contribution in [0.15, 0.2) is 65.6 Å². The minimum Gasteiger partial charge on any atom is -0.343 e. The zero-order valence-electron chi connectivity index (χ0n) is 23.9. The number of nitrogens with zero attached hydrogens (tertiary/aromatic N) is 6. The maximum atomic E-state index is 13.5. The number of nitrogens with two attached hydrogens (primary N) is 1. The van der Waals surface area contributed by atoms with Crippen molar-refractivity contribution in [1.29, 1.82) is 0 Å². The van der Waals surface area contributed by atoms with Gasteiger partial charge in [0.05, 0.1) is 23.6 Å². The first-order valence-corrected chi connectivity index (χ1v) is 14.0. The summed E-state index contributed by atoms with van der Waals surface area (Å²) in [5, 5.41) is 2.56. The van der Waals surface area contributed by atoms with Crippen LogP contribution < -0.4 is 26.4 Å². The number of fused-ring (bicyclic) bond motifs is 1. The fourth-order valence-electron chi connectivity index (χ4n) is 5.30. The van der Waals surface area contributed by atoms with E-state index < -0.39 is 29.5 Å². The number of imidazole rings is 1. The highest BCUT2D eigenvalue weighted by atomic mass is 19.1. The Morgan fingerprint density at radius 1 is 1.10 bits per heavy atom. The van der Waals surface area contributed by atoms with Gasteiger partial charge in [-0.3, -0.25) is 14.4 Å². The molecule has 1 saturated heterocycles. The van der Waals surface area contributed by atoms with E-state index in [0.717, 1.165) is 40.0 Å². The van der Waals surface area contributed by atoms with Crippen LogP contribution in [0, 0.1) is 5.82 Å². The number of hydrogen-bond donors (Lipinski definition) is 2. The Balaban J connectivity index is 1.35. The van der Waals surface area contributed by atoms with Crippen LogP contribution in [0.25, 0.3) is 11.0 Å². The molecule has 1 fully saturated rings. The molecule has 0 radical (unpaired) electrons. The number of para-hydroxylation sites is 2. The van der Waals surface area contributed by atoms with E-state index in [1.165, 1.54) is 38.2 Å². The lowest BCUT2D eigenvalue weighted by Crippen LogP contribution is -2.51. The van der Waals surface area contributed by atoms with Gasteiger partial charge in [-0.25, -0.2) is 18.9 Å². The second kappa shape index (κ2) is 12.1. The van der Waals surface area contributed by atoms with Gasteiger partial charge in [0.15, 0.2) is 0 Å². The number of carbonyl (C=O) groups is 2. The third-order valence-electron chi connectivity index (χ3n) is 7.69. The summed E-state index contributed by atoms with van der Waals surface area (Å²) in [5.41, 5.74) is 7.95. The lowest BCUT2D eigenvalue weighted by Gasteiger charge is -2.38. The molecule has 5 rings (SSSR count). The van der Waals surface area contributed by atoms with Crippen molar-refractivity contribution in [3.05, 3.63) is 82.5 Å². The first kappa shape index (κ1) is 28.9. The van der Waals surface area contributed by atoms with Gasteiger partial charge in [-0.2, -0.15) is 0 Å². The molecule has 2 atom stereocenters. The SMILES string of the molecule is CC(N)C(=O)NC(C)C(=O)n1c(N(C)C2CCN(c3nc4ccccc4n3Cc3ccc(F)cc3)CC2)nccc1=O. The Morgan fingerprint density at radius 2 is 1.79 bits per heavy atom. The maximum Gasteiger partial charge on any atom is 0.261 e. The van der Waals surface area contributed by atoms with Crippen LogP contribution in [0.2, 0.25) is 0 Å². The van der Waals surface area contributed by atoms with Gasteiger partial charge in [0.25, 0.3) is 11.5 Å². The molecule has 220 valence electrons. The number of hydrogen-bond acceptors (Lipinski definition) is 8. The fraction of sp³-hybridized carbons (Fsp3) is 0.367. The molecular weight excluding hydrogens is 539 g/mol. The summed E-state index contributed by atoms with van der Waals surface area (Å²) in [6, 6.07) is 13.9. The molecule has 0 saturated carbocycles. The largest absolute Gasteiger partial charge is 0.343 e. The maximum absolute atomic E-state index is 13.5. The van der Waals surface area contributed by atoms with Gasteiger partial charge < -0.3 is 25.4 Å². The molecule has 0 aliphatic carbocycles. The van der Waals surface area contributed by atoms with Crippen LogP contribution in [-0.4, -0.2) is 69.2 Å². The molecule has 3 heterocycles. The summed E-state index contributed by atoms with van der Waals surface area (Å²) in [4.78, 5) is 51.5. The number of piperidine rings is 1. The number of halogens is 1. The van der Waals surface area contributed by atoms with Crippen LogP contribution >= 0.6 is 0 Å². The van der Waals surface area contributed by atoms with E-state index in [-0.39, 0.29) is 17.8 Å². The highest BCUT2D eigenvalue weighted by Crippen LogP contribution is 2.28. The van der Waals surface area contributed by atoms with Crippen LogP contribution in [0.3, 0.4) is 0 Å². The van der Waals surface area contributed by atoms with Crippen molar-refractivity contribution in [2.45, 2.75) is 51.4 Å². The Kier molecular flexibility index (Phi) is 8.34. The van der Waals surface area contributed by atoms with Gasteiger partial charge in [-0.05, 0) is 56.5 Å². The van der Waals surface area contributed by atoms with Crippen molar-refractivity contribution in [3.8, 4) is 0 Å². The lowest BCUT2D eigenvalue weighted by atomic mass is 10.0. The average Bonchev–Trinajstić information content (AvgIpc) is 3.35. The van der Waals surface area contributed by atoms with Gasteiger partial charge in [0, 0.05) is 38.4 Å². The van der Waals surface area contributed by atoms with Gasteiger partial charge in [-0.15, -0.1) is 0 Å². The van der Waals surface area contributed by atoms with Gasteiger partial charge in [-0.1, -0.05) is 24.3 Å². The molecule has 3 N–H and O–H groups in total. The zero-order chi connectivity index (χ0) is 30.0. The third kappa shape index (κ3) is 5.89. The van der Waals surface area contributed by atoms with Crippen LogP contribution in [0.5, 0.6) is 0 Å². The molecule has 0 bridgehead atoms. The van der Waals surface area contributed by atoms with Gasteiger partial charge in [0.1, 0.15) is 11.9 Å². The average molecular weight is 575 g/mol. The van der Waals surface area contributed by atoms with Crippen molar-refractivity contribution in [3.63, 3.8) is 0 Å². The van der Waals surface area contributed by atoms with Crippen molar-refractivity contribution < 1.29 is 14.0 Å². The van der Waals surface area contributed by atoms with E-state index in [9.17, 15) is 18.8 Å². The first-order chi connectivity index (χ1) is 20.1. The van der Waals surface area contributed by atoms with E-state index >= 15 is 0 Å². The van der Waals surface area contributed by atoms with Gasteiger partial charge in [0.2, 0.25) is 17.8 Å². The Hall–Kier alpha value is -4.58. The van der Waals surface area contributed by atoms with Crippen LogP contribution in [0.1, 0.15) is 37.0 Å². The highest BCUT2D eigenvalue weighted by molar-refractivity contribution is 5.91. The van der Waals surface area contributed by atoms with E-state index in [2.05, 4.69) is 19.8 Å². The Bertz CT molecular complexity index is 1640. The molecule has 2 aromatic carbocycles. The lowest BCUT2D eigenvalue weighted by molar-refractivity contribution is -0.122. The van der Waals surface area contributed by atoms with Gasteiger partial charge >= 0.3 is 0 Å². The van der Waals surface area contributed by atoms with E-state index in [4.69, 9.17) is 10.7 Å². The predicted octanol–water partition coefficient (Wildman–Crippen LogP) is 2.38. The van der Waals surface area contributed by atoms with E-state index in [1.807, 2.05) is 36.2 Å². The van der Waals surface area contributed by atoms with Crippen molar-refractivity contribution in [1.82, 2.24) is 24.4 Å². The number of nitrogens with one attached hydrogen (secondary N) is 1. The molecule has 1 aliphatic heterocycles. The predicted molar refractivity (Wildman–Crippen MR) is 159 cm³/mol. The topological polar surface area (TPSA) is 131 Å². The molecule has 2 aromatic heterocycles. The molecule has 1 amide bonds. The molecule has 11 nitrogen and oxygen atoms in total. The van der Waals surface area contributed by atoms with Crippen molar-refractivity contribution in [2.24, 2.45) is 5.73 Å². The fourth-order valence-corrected chi connectivity index (χ4v) is 5.30. The number of benzene rings is 2. The smallest absolute Gasteiger partial charge is 0.261 e. The summed E-state index contributed by atoms with van der Waals surface area (Å²) in [6.07, 6.45) is 2.84. The number of aromatic nitrogens is 4. The van der Waals surface area contributed by atoms with E-state index in [1.54, 1.807) is 12.1 Å². The summed E-state index contributed by atoms with van der Waals surface area (Å²) >= 11 is 0. The molecule has 2 unspecified atom stereocenters. The molecule has 4 aromatic rings. The summed E-state index contributed by atoms with van der Waals surface area (Å²) < 4.78 is 16.7. The second-order valence-electron chi connectivity index (χ2n) is 10.7. The number of rotatable bonds is 8. The van der Waals surface area contributed by atoms with E-state index in [0.29, 0.717) is 19.6 Å². The van der Waals surface area contributed by atoms with Crippen LogP contribution in [-0.2, 0) is 11.3 Å². The third-order valence-corrected chi connectivity index (χ3v) is 7.69. The normalized spacial score (nSPS) is 15.4. The first-order valence-electron chi connectivity index (χ1n) is 14.0. The summed E-state index contributed by atoms with van der Waals surface area (Å²) in [7, 11) is 1.82. The van der Waals surface area contributed by atoms with Crippen molar-refractivity contribution >= 4 is 34.7 Å². The standard InChI is InChI=1S/C30H35FN8O3/c1-19(32)27(41)34-20(2)28(42)39-26(40)12-15-33-29(39)36(3)23-13-16-37(17-14-23)30-35-24-6-4-5-7-25(24)38(30)18-21-8-10-22(31)11-9-21/h4-12,15,19-20,23H,13-14,16-18,32H2,1-3H3,(H,34,41). The number of carbonyl (C=O) groups excluding carboxylic acids is 2. The quantitative estimate of drug-likeness (QED) is 0.328. The Labute approximate surface area is 242 Å². The monoisotopic (exact) mass is 574 g/mol. The van der Waals surface area contributed by atoms with Crippen molar-refractivity contribution in [2.75, 3.05) is 29.9 Å². The number of anilines is 2. The zero-order valence-corrected chi connectivity index (χ0v) is 23.9. The minimum absolute atomic E-state index is 0.00140. The minimum atomic E-state index is -0.964. The summed E-state index contributed by atoms with van der Waals surface area (Å²) in [5.74, 6) is -0.289. The Morgan fingerprint density at radius 3 is 2.48 bits per heavy atom. The summed E-state index contributed by atoms with van der Waals surface area (Å²) in [6.45, 7) is 4.96. The second-order valence-corrected chi connectivity index (χ2v) is 10.7. The van der Waals surface area contributed by atoms with Crippen LogP contribution in [0.4, 0.5) is 16.3 Å². The molecular formula is C30H35FN8O3. The highest BCUT2D eigenvalue weighted by Gasteiger charge is 2.30. The molecule has 1 aliphatic rings.